The number of piperidine rings is 2. The van der Waals surface area contributed by atoms with E-state index in [9.17, 15) is 13.2 Å². The van der Waals surface area contributed by atoms with Gasteiger partial charge in [-0.1, -0.05) is 45.0 Å². The zero-order chi connectivity index (χ0) is 28.2. The van der Waals surface area contributed by atoms with E-state index in [-0.39, 0.29) is 23.1 Å². The molecular weight excluding hydrogens is 512 g/mol. The number of sulfonamides is 1. The van der Waals surface area contributed by atoms with E-state index in [2.05, 4.69) is 69.9 Å². The molecule has 0 aliphatic carbocycles. The van der Waals surface area contributed by atoms with Crippen molar-refractivity contribution in [3.8, 4) is 0 Å². The normalized spacial score (nSPS) is 18.3. The molecule has 2 fully saturated rings. The first kappa shape index (κ1) is 29.4. The summed E-state index contributed by atoms with van der Waals surface area (Å²) in [5.41, 5.74) is 3.80. The molecule has 2 saturated heterocycles. The van der Waals surface area contributed by atoms with Gasteiger partial charge in [0.1, 0.15) is 17.8 Å². The third kappa shape index (κ3) is 7.55. The van der Waals surface area contributed by atoms with Crippen LogP contribution < -0.4 is 10.0 Å². The lowest BCUT2D eigenvalue weighted by molar-refractivity contribution is 0.0570. The van der Waals surface area contributed by atoms with Crippen molar-refractivity contribution in [2.24, 2.45) is 0 Å². The Kier molecular flexibility index (Phi) is 9.29. The molecule has 1 aromatic heterocycles. The van der Waals surface area contributed by atoms with E-state index in [1.54, 1.807) is 6.92 Å². The van der Waals surface area contributed by atoms with Gasteiger partial charge in [-0.05, 0) is 69.2 Å². The van der Waals surface area contributed by atoms with Crippen molar-refractivity contribution in [3.05, 3.63) is 53.0 Å². The number of benzene rings is 1. The average Bonchev–Trinajstić information content (AvgIpc) is 2.92. The Balaban J connectivity index is 1.29. The topological polar surface area (TPSA) is 108 Å². The summed E-state index contributed by atoms with van der Waals surface area (Å²) >= 11 is 0. The first-order chi connectivity index (χ1) is 18.5. The SMILES string of the molecule is CCS(=O)(=O)NC1CCN(C2CCN(C(=O)c3ncnc(NCc4ccc(C(C)(C)C)cc4)c3C)CC2)CC1. The molecule has 3 heterocycles. The van der Waals surface area contributed by atoms with Crippen LogP contribution in [0.3, 0.4) is 0 Å². The van der Waals surface area contributed by atoms with Crippen LogP contribution in [-0.2, 0) is 22.0 Å². The first-order valence-corrected chi connectivity index (χ1v) is 15.8. The van der Waals surface area contributed by atoms with E-state index >= 15 is 0 Å². The van der Waals surface area contributed by atoms with E-state index in [1.807, 2.05) is 11.8 Å². The number of aromatic nitrogens is 2. The molecule has 0 saturated carbocycles. The number of anilines is 1. The summed E-state index contributed by atoms with van der Waals surface area (Å²) in [6.45, 7) is 14.0. The Morgan fingerprint density at radius 3 is 2.23 bits per heavy atom. The second-order valence-electron chi connectivity index (χ2n) is 11.9. The Bertz CT molecular complexity index is 1230. The minimum atomic E-state index is -3.16. The summed E-state index contributed by atoms with van der Waals surface area (Å²) in [5, 5.41) is 3.39. The number of nitrogens with one attached hydrogen (secondary N) is 2. The molecular formula is C29H44N6O3S. The van der Waals surface area contributed by atoms with Crippen LogP contribution >= 0.6 is 0 Å². The molecule has 39 heavy (non-hydrogen) atoms. The number of nitrogens with zero attached hydrogens (tertiary/aromatic N) is 4. The van der Waals surface area contributed by atoms with Gasteiger partial charge in [-0.3, -0.25) is 4.79 Å². The van der Waals surface area contributed by atoms with Crippen LogP contribution in [0.15, 0.2) is 30.6 Å². The van der Waals surface area contributed by atoms with Gasteiger partial charge in [-0.25, -0.2) is 23.1 Å². The Morgan fingerprint density at radius 1 is 1.00 bits per heavy atom. The molecule has 10 heteroatoms. The van der Waals surface area contributed by atoms with Crippen molar-refractivity contribution in [3.63, 3.8) is 0 Å². The minimum Gasteiger partial charge on any atom is -0.366 e. The molecule has 0 atom stereocenters. The van der Waals surface area contributed by atoms with Crippen molar-refractivity contribution in [2.45, 2.75) is 84.3 Å². The number of rotatable bonds is 8. The maximum atomic E-state index is 13.4. The highest BCUT2D eigenvalue weighted by atomic mass is 32.2. The van der Waals surface area contributed by atoms with Crippen molar-refractivity contribution >= 4 is 21.7 Å². The molecule has 1 amide bonds. The largest absolute Gasteiger partial charge is 0.366 e. The quantitative estimate of drug-likeness (QED) is 0.511. The molecule has 0 bridgehead atoms. The van der Waals surface area contributed by atoms with Gasteiger partial charge in [-0.2, -0.15) is 0 Å². The number of amides is 1. The summed E-state index contributed by atoms with van der Waals surface area (Å²) in [5.74, 6) is 0.762. The number of hydrogen-bond donors (Lipinski definition) is 2. The third-order valence-electron chi connectivity index (χ3n) is 8.09. The highest BCUT2D eigenvalue weighted by Gasteiger charge is 2.31. The monoisotopic (exact) mass is 556 g/mol. The molecule has 2 aromatic rings. The second-order valence-corrected chi connectivity index (χ2v) is 13.9. The molecule has 9 nitrogen and oxygen atoms in total. The van der Waals surface area contributed by atoms with Crippen LogP contribution in [0.4, 0.5) is 5.82 Å². The fourth-order valence-electron chi connectivity index (χ4n) is 5.46. The van der Waals surface area contributed by atoms with E-state index < -0.39 is 10.0 Å². The van der Waals surface area contributed by atoms with E-state index in [0.29, 0.717) is 37.2 Å². The van der Waals surface area contributed by atoms with Gasteiger partial charge in [0.05, 0.1) is 5.75 Å². The molecule has 214 valence electrons. The van der Waals surface area contributed by atoms with Gasteiger partial charge in [0, 0.05) is 37.3 Å². The van der Waals surface area contributed by atoms with Crippen molar-refractivity contribution in [1.82, 2.24) is 24.5 Å². The van der Waals surface area contributed by atoms with Crippen molar-refractivity contribution in [1.29, 1.82) is 0 Å². The fraction of sp³-hybridized carbons (Fsp3) is 0.621. The summed E-state index contributed by atoms with van der Waals surface area (Å²) in [6.07, 6.45) is 4.95. The molecule has 2 aliphatic rings. The smallest absolute Gasteiger partial charge is 0.272 e. The molecule has 4 rings (SSSR count). The molecule has 0 unspecified atom stereocenters. The average molecular weight is 557 g/mol. The third-order valence-corrected chi connectivity index (χ3v) is 9.54. The van der Waals surface area contributed by atoms with E-state index in [0.717, 1.165) is 49.9 Å². The highest BCUT2D eigenvalue weighted by Crippen LogP contribution is 2.25. The molecule has 2 N–H and O–H groups in total. The second kappa shape index (κ2) is 12.3. The van der Waals surface area contributed by atoms with Crippen LogP contribution in [0.2, 0.25) is 0 Å². The molecule has 2 aliphatic heterocycles. The zero-order valence-electron chi connectivity index (χ0n) is 24.0. The number of hydrogen-bond acceptors (Lipinski definition) is 7. The van der Waals surface area contributed by atoms with Gasteiger partial charge >= 0.3 is 0 Å². The van der Waals surface area contributed by atoms with Crippen LogP contribution in [0.25, 0.3) is 0 Å². The van der Waals surface area contributed by atoms with Crippen LogP contribution in [-0.4, -0.2) is 78.1 Å². The Labute approximate surface area is 233 Å². The van der Waals surface area contributed by atoms with Gasteiger partial charge in [0.2, 0.25) is 10.0 Å². The Morgan fingerprint density at radius 2 is 1.64 bits per heavy atom. The van der Waals surface area contributed by atoms with Crippen LogP contribution in [0.5, 0.6) is 0 Å². The zero-order valence-corrected chi connectivity index (χ0v) is 24.9. The maximum absolute atomic E-state index is 13.4. The number of carbonyl (C=O) groups is 1. The van der Waals surface area contributed by atoms with Gasteiger partial charge in [0.15, 0.2) is 0 Å². The molecule has 0 spiro atoms. The van der Waals surface area contributed by atoms with Crippen molar-refractivity contribution in [2.75, 3.05) is 37.2 Å². The Hall–Kier alpha value is -2.56. The number of carbonyl (C=O) groups excluding carboxylic acids is 1. The van der Waals surface area contributed by atoms with Gasteiger partial charge < -0.3 is 15.1 Å². The predicted octanol–water partition coefficient (Wildman–Crippen LogP) is 3.70. The lowest BCUT2D eigenvalue weighted by atomic mass is 9.87. The first-order valence-electron chi connectivity index (χ1n) is 14.1. The summed E-state index contributed by atoms with van der Waals surface area (Å²) in [7, 11) is -3.16. The summed E-state index contributed by atoms with van der Waals surface area (Å²) < 4.78 is 26.6. The minimum absolute atomic E-state index is 0.0271. The summed E-state index contributed by atoms with van der Waals surface area (Å²) in [6, 6.07) is 9.04. The fourth-order valence-corrected chi connectivity index (χ4v) is 6.37. The van der Waals surface area contributed by atoms with Gasteiger partial charge in [0.25, 0.3) is 5.91 Å². The predicted molar refractivity (Wildman–Crippen MR) is 155 cm³/mol. The van der Waals surface area contributed by atoms with Gasteiger partial charge in [-0.15, -0.1) is 0 Å². The molecule has 0 radical (unpaired) electrons. The van der Waals surface area contributed by atoms with Crippen LogP contribution in [0, 0.1) is 6.92 Å². The van der Waals surface area contributed by atoms with E-state index in [1.165, 1.54) is 11.9 Å². The maximum Gasteiger partial charge on any atom is 0.272 e. The highest BCUT2D eigenvalue weighted by molar-refractivity contribution is 7.89. The molecule has 1 aromatic carbocycles. The summed E-state index contributed by atoms with van der Waals surface area (Å²) in [4.78, 5) is 26.5. The van der Waals surface area contributed by atoms with Crippen molar-refractivity contribution < 1.29 is 13.2 Å². The lowest BCUT2D eigenvalue weighted by Gasteiger charge is -2.41. The number of likely N-dealkylation sites (tertiary alicyclic amines) is 2. The standard InChI is InChI=1S/C29H44N6O3S/c1-6-39(37,38)33-24-11-15-34(16-12-24)25-13-17-35(18-14-25)28(36)26-21(2)27(32-20-31-26)30-19-22-7-9-23(10-8-22)29(3,4)5/h7-10,20,24-25,33H,6,11-19H2,1-5H3,(H,30,31,32). The van der Waals surface area contributed by atoms with Crippen LogP contribution in [0.1, 0.15) is 80.6 Å². The lowest BCUT2D eigenvalue weighted by Crippen LogP contribution is -2.52. The van der Waals surface area contributed by atoms with E-state index in [4.69, 9.17) is 0 Å².